The van der Waals surface area contributed by atoms with Crippen LogP contribution in [0.25, 0.3) is 10.9 Å². The molecule has 20 heavy (non-hydrogen) atoms. The molecular weight excluding hydrogens is 254 g/mol. The van der Waals surface area contributed by atoms with E-state index in [2.05, 4.69) is 4.98 Å². The molecule has 5 nitrogen and oxygen atoms in total. The van der Waals surface area contributed by atoms with Crippen LogP contribution >= 0.6 is 0 Å². The zero-order chi connectivity index (χ0) is 14.1. The maximum absolute atomic E-state index is 12.4. The summed E-state index contributed by atoms with van der Waals surface area (Å²) in [5, 5.41) is 0.552. The summed E-state index contributed by atoms with van der Waals surface area (Å²) in [5.74, 6) is 0.0211. The first-order valence-electron chi connectivity index (χ1n) is 6.93. The van der Waals surface area contributed by atoms with Crippen molar-refractivity contribution in [3.8, 4) is 0 Å². The first-order chi connectivity index (χ1) is 9.68. The van der Waals surface area contributed by atoms with Crippen LogP contribution in [0.15, 0.2) is 35.4 Å². The van der Waals surface area contributed by atoms with Gasteiger partial charge in [-0.25, -0.2) is 0 Å². The molecule has 1 fully saturated rings. The minimum absolute atomic E-state index is 0.0211. The van der Waals surface area contributed by atoms with Gasteiger partial charge in [0.15, 0.2) is 0 Å². The molecule has 0 N–H and O–H groups in total. The number of carbonyl (C=O) groups is 1. The maximum atomic E-state index is 12.4. The number of aromatic nitrogens is 2. The number of amides is 1. The van der Waals surface area contributed by atoms with Gasteiger partial charge in [0.2, 0.25) is 5.91 Å². The van der Waals surface area contributed by atoms with Crippen molar-refractivity contribution >= 4 is 16.8 Å². The third-order valence-corrected chi connectivity index (χ3v) is 3.89. The molecule has 0 unspecified atom stereocenters. The molecule has 0 aliphatic carbocycles. The number of carbonyl (C=O) groups excluding carboxylic acids is 1. The predicted octanol–water partition coefficient (Wildman–Crippen LogP) is 1.58. The van der Waals surface area contributed by atoms with Crippen molar-refractivity contribution in [2.45, 2.75) is 25.8 Å². The third-order valence-electron chi connectivity index (χ3n) is 3.89. The second kappa shape index (κ2) is 5.07. The Balaban J connectivity index is 1.99. The van der Waals surface area contributed by atoms with Crippen molar-refractivity contribution in [3.05, 3.63) is 40.9 Å². The van der Waals surface area contributed by atoms with Crippen LogP contribution < -0.4 is 5.56 Å². The Hall–Kier alpha value is -2.17. The van der Waals surface area contributed by atoms with Crippen LogP contribution in [0.2, 0.25) is 0 Å². The SMILES string of the molecule is C[C@H](C(=O)N1CCCC1)n1ccc2ncccc2c1=O. The zero-order valence-electron chi connectivity index (χ0n) is 11.5. The van der Waals surface area contributed by atoms with E-state index in [1.54, 1.807) is 37.5 Å². The largest absolute Gasteiger partial charge is 0.341 e. The van der Waals surface area contributed by atoms with Crippen LogP contribution in [-0.4, -0.2) is 33.4 Å². The van der Waals surface area contributed by atoms with Gasteiger partial charge in [0, 0.05) is 25.5 Å². The fourth-order valence-corrected chi connectivity index (χ4v) is 2.71. The van der Waals surface area contributed by atoms with Crippen LogP contribution in [0.5, 0.6) is 0 Å². The molecule has 5 heteroatoms. The van der Waals surface area contributed by atoms with Crippen LogP contribution in [0, 0.1) is 0 Å². The van der Waals surface area contributed by atoms with Crippen LogP contribution in [-0.2, 0) is 4.79 Å². The molecule has 104 valence electrons. The average Bonchev–Trinajstić information content (AvgIpc) is 3.01. The molecule has 1 atom stereocenters. The van der Waals surface area contributed by atoms with Gasteiger partial charge in [0.05, 0.1) is 10.9 Å². The Morgan fingerprint density at radius 3 is 2.80 bits per heavy atom. The molecule has 1 saturated heterocycles. The van der Waals surface area contributed by atoms with Crippen molar-refractivity contribution in [2.24, 2.45) is 0 Å². The standard InChI is InChI=1S/C15H17N3O2/c1-11(14(19)17-8-2-3-9-17)18-10-6-13-12(15(18)20)5-4-7-16-13/h4-7,10-11H,2-3,8-9H2,1H3/t11-/m1/s1. The van der Waals surface area contributed by atoms with Crippen molar-refractivity contribution in [2.75, 3.05) is 13.1 Å². The van der Waals surface area contributed by atoms with E-state index in [1.807, 2.05) is 4.90 Å². The molecule has 0 spiro atoms. The summed E-state index contributed by atoms with van der Waals surface area (Å²) in [5.41, 5.74) is 0.505. The van der Waals surface area contributed by atoms with Gasteiger partial charge in [0.1, 0.15) is 6.04 Å². The number of fused-ring (bicyclic) bond motifs is 1. The van der Waals surface area contributed by atoms with Gasteiger partial charge >= 0.3 is 0 Å². The number of pyridine rings is 2. The van der Waals surface area contributed by atoms with E-state index in [-0.39, 0.29) is 11.5 Å². The molecule has 0 radical (unpaired) electrons. The van der Waals surface area contributed by atoms with Gasteiger partial charge in [-0.1, -0.05) is 0 Å². The highest BCUT2D eigenvalue weighted by atomic mass is 16.2. The molecule has 2 aromatic heterocycles. The smallest absolute Gasteiger partial charge is 0.260 e. The Labute approximate surface area is 116 Å². The second-order valence-corrected chi connectivity index (χ2v) is 5.17. The highest BCUT2D eigenvalue weighted by Crippen LogP contribution is 2.15. The van der Waals surface area contributed by atoms with Gasteiger partial charge in [0.25, 0.3) is 5.56 Å². The lowest BCUT2D eigenvalue weighted by molar-refractivity contribution is -0.133. The molecule has 1 aliphatic heterocycles. The second-order valence-electron chi connectivity index (χ2n) is 5.17. The van der Waals surface area contributed by atoms with E-state index in [1.165, 1.54) is 4.57 Å². The first kappa shape index (κ1) is 12.8. The fourth-order valence-electron chi connectivity index (χ4n) is 2.71. The van der Waals surface area contributed by atoms with Crippen LogP contribution in [0.1, 0.15) is 25.8 Å². The average molecular weight is 271 g/mol. The summed E-state index contributed by atoms with van der Waals surface area (Å²) in [6.45, 7) is 3.38. The minimum atomic E-state index is -0.467. The third kappa shape index (κ3) is 2.09. The molecule has 1 aliphatic rings. The molecular formula is C15H17N3O2. The first-order valence-corrected chi connectivity index (χ1v) is 6.93. The summed E-state index contributed by atoms with van der Waals surface area (Å²) in [7, 11) is 0. The summed E-state index contributed by atoms with van der Waals surface area (Å²) in [4.78, 5) is 30.8. The van der Waals surface area contributed by atoms with E-state index in [9.17, 15) is 9.59 Å². The Kier molecular flexibility index (Phi) is 3.26. The lowest BCUT2D eigenvalue weighted by Gasteiger charge is -2.22. The zero-order valence-corrected chi connectivity index (χ0v) is 11.5. The summed E-state index contributed by atoms with van der Waals surface area (Å²) >= 11 is 0. The number of nitrogens with zero attached hydrogens (tertiary/aromatic N) is 3. The van der Waals surface area contributed by atoms with Crippen molar-refractivity contribution in [3.63, 3.8) is 0 Å². The fraction of sp³-hybridized carbons (Fsp3) is 0.400. The highest BCUT2D eigenvalue weighted by molar-refractivity contribution is 5.81. The molecule has 0 saturated carbocycles. The molecule has 1 amide bonds. The van der Waals surface area contributed by atoms with Gasteiger partial charge in [-0.3, -0.25) is 14.6 Å². The number of hydrogen-bond donors (Lipinski definition) is 0. The van der Waals surface area contributed by atoms with E-state index in [0.29, 0.717) is 10.9 Å². The summed E-state index contributed by atoms with van der Waals surface area (Å²) in [6.07, 6.45) is 5.42. The Bertz CT molecular complexity index is 702. The van der Waals surface area contributed by atoms with Crippen LogP contribution in [0.3, 0.4) is 0 Å². The van der Waals surface area contributed by atoms with Crippen molar-refractivity contribution in [1.29, 1.82) is 0 Å². The number of hydrogen-bond acceptors (Lipinski definition) is 3. The van der Waals surface area contributed by atoms with Gasteiger partial charge in [-0.2, -0.15) is 0 Å². The highest BCUT2D eigenvalue weighted by Gasteiger charge is 2.25. The normalized spacial score (nSPS) is 16.6. The number of likely N-dealkylation sites (tertiary alicyclic amines) is 1. The lowest BCUT2D eigenvalue weighted by atomic mass is 10.2. The topological polar surface area (TPSA) is 55.2 Å². The van der Waals surface area contributed by atoms with Crippen LogP contribution in [0.4, 0.5) is 0 Å². The van der Waals surface area contributed by atoms with Gasteiger partial charge in [-0.05, 0) is 38.0 Å². The lowest BCUT2D eigenvalue weighted by Crippen LogP contribution is -2.37. The predicted molar refractivity (Wildman–Crippen MR) is 76.5 cm³/mol. The van der Waals surface area contributed by atoms with Crippen molar-refractivity contribution in [1.82, 2.24) is 14.5 Å². The van der Waals surface area contributed by atoms with Gasteiger partial charge in [-0.15, -0.1) is 0 Å². The monoisotopic (exact) mass is 271 g/mol. The molecule has 0 bridgehead atoms. The maximum Gasteiger partial charge on any atom is 0.260 e. The van der Waals surface area contributed by atoms with Crippen molar-refractivity contribution < 1.29 is 4.79 Å². The van der Waals surface area contributed by atoms with Gasteiger partial charge < -0.3 is 9.47 Å². The Morgan fingerprint density at radius 2 is 2.05 bits per heavy atom. The quantitative estimate of drug-likeness (QED) is 0.833. The minimum Gasteiger partial charge on any atom is -0.341 e. The molecule has 0 aromatic carbocycles. The number of rotatable bonds is 2. The van der Waals surface area contributed by atoms with E-state index < -0.39 is 6.04 Å². The Morgan fingerprint density at radius 1 is 1.30 bits per heavy atom. The van der Waals surface area contributed by atoms with E-state index in [4.69, 9.17) is 0 Å². The molecule has 2 aromatic rings. The molecule has 3 rings (SSSR count). The molecule has 3 heterocycles. The van der Waals surface area contributed by atoms with E-state index in [0.717, 1.165) is 25.9 Å². The van der Waals surface area contributed by atoms with E-state index >= 15 is 0 Å². The summed E-state index contributed by atoms with van der Waals surface area (Å²) < 4.78 is 1.50. The summed E-state index contributed by atoms with van der Waals surface area (Å²) in [6, 6.07) is 4.80.